The summed E-state index contributed by atoms with van der Waals surface area (Å²) in [5, 5.41) is 0.433. The first-order chi connectivity index (χ1) is 12.4. The Morgan fingerprint density at radius 3 is 2.69 bits per heavy atom. The van der Waals surface area contributed by atoms with Crippen LogP contribution in [-0.4, -0.2) is 28.2 Å². The largest absolute Gasteiger partial charge is 0.315 e. The van der Waals surface area contributed by atoms with Gasteiger partial charge in [0.05, 0.1) is 16.4 Å². The van der Waals surface area contributed by atoms with E-state index in [2.05, 4.69) is 9.97 Å². The van der Waals surface area contributed by atoms with Gasteiger partial charge in [-0.15, -0.1) is 23.1 Å². The van der Waals surface area contributed by atoms with Crippen molar-refractivity contribution in [2.75, 3.05) is 11.9 Å². The maximum atomic E-state index is 12.6. The molecule has 0 fully saturated rings. The number of thiophene rings is 1. The van der Waals surface area contributed by atoms with Crippen LogP contribution in [0.2, 0.25) is 0 Å². The molecule has 5 nitrogen and oxygen atoms in total. The summed E-state index contributed by atoms with van der Waals surface area (Å²) in [6.07, 6.45) is 0. The number of rotatable bonds is 5. The third-order valence-corrected chi connectivity index (χ3v) is 6.62. The lowest BCUT2D eigenvalue weighted by atomic mass is 10.2. The number of carbonyl (C=O) groups is 1. The quantitative estimate of drug-likeness (QED) is 0.721. The number of carbonyl (C=O) groups excluding carboxylic acids is 1. The van der Waals surface area contributed by atoms with Crippen LogP contribution in [0.4, 0.5) is 5.69 Å². The van der Waals surface area contributed by atoms with Crippen LogP contribution in [0.15, 0.2) is 35.1 Å². The standard InChI is InChI=1S/C19H21N3O2S2/c1-11-12(2)26-18-16(11)17(23)20-15(21-18)10-25-13(3)19(24)22(4)14-8-6-5-7-9-14/h5-9,13H,10H2,1-4H3,(H,20,21,23)/t13-/m1/s1. The average molecular weight is 388 g/mol. The lowest BCUT2D eigenvalue weighted by Gasteiger charge is -2.21. The fourth-order valence-corrected chi connectivity index (χ4v) is 4.59. The van der Waals surface area contributed by atoms with Gasteiger partial charge in [-0.3, -0.25) is 9.59 Å². The van der Waals surface area contributed by atoms with Crippen molar-refractivity contribution in [3.05, 3.63) is 57.0 Å². The van der Waals surface area contributed by atoms with Crippen molar-refractivity contribution in [1.82, 2.24) is 9.97 Å². The van der Waals surface area contributed by atoms with Crippen LogP contribution in [0.1, 0.15) is 23.2 Å². The van der Waals surface area contributed by atoms with Crippen LogP contribution in [-0.2, 0) is 10.5 Å². The van der Waals surface area contributed by atoms with E-state index in [0.29, 0.717) is 17.0 Å². The summed E-state index contributed by atoms with van der Waals surface area (Å²) in [4.78, 5) is 35.9. The second-order valence-corrected chi connectivity index (χ2v) is 8.69. The molecule has 0 spiro atoms. The number of para-hydroxylation sites is 1. The molecule has 0 radical (unpaired) electrons. The summed E-state index contributed by atoms with van der Waals surface area (Å²) in [6, 6.07) is 9.55. The van der Waals surface area contributed by atoms with Gasteiger partial charge in [-0.1, -0.05) is 18.2 Å². The van der Waals surface area contributed by atoms with Crippen LogP contribution >= 0.6 is 23.1 Å². The molecule has 1 N–H and O–H groups in total. The fraction of sp³-hybridized carbons (Fsp3) is 0.316. The number of benzene rings is 1. The maximum absolute atomic E-state index is 12.6. The van der Waals surface area contributed by atoms with E-state index in [9.17, 15) is 9.59 Å². The molecule has 1 atom stereocenters. The highest BCUT2D eigenvalue weighted by Gasteiger charge is 2.20. The highest BCUT2D eigenvalue weighted by molar-refractivity contribution is 7.99. The molecule has 0 unspecified atom stereocenters. The van der Waals surface area contributed by atoms with Gasteiger partial charge >= 0.3 is 0 Å². The van der Waals surface area contributed by atoms with Crippen LogP contribution in [0.3, 0.4) is 0 Å². The van der Waals surface area contributed by atoms with E-state index < -0.39 is 0 Å². The predicted octanol–water partition coefficient (Wildman–Crippen LogP) is 3.89. The number of H-pyrrole nitrogens is 1. The van der Waals surface area contributed by atoms with Crippen LogP contribution in [0.5, 0.6) is 0 Å². The Kier molecular flexibility index (Phi) is 5.48. The zero-order valence-corrected chi connectivity index (χ0v) is 16.8. The number of anilines is 1. The second-order valence-electron chi connectivity index (χ2n) is 6.16. The SMILES string of the molecule is Cc1sc2nc(CS[C@H](C)C(=O)N(C)c3ccccc3)[nH]c(=O)c2c1C. The molecular formula is C19H21N3O2S2. The summed E-state index contributed by atoms with van der Waals surface area (Å²) in [6.45, 7) is 5.82. The summed E-state index contributed by atoms with van der Waals surface area (Å²) >= 11 is 3.00. The number of thioether (sulfide) groups is 1. The number of fused-ring (bicyclic) bond motifs is 1. The monoisotopic (exact) mass is 387 g/mol. The summed E-state index contributed by atoms with van der Waals surface area (Å²) in [7, 11) is 1.78. The van der Waals surface area contributed by atoms with Crippen molar-refractivity contribution in [3.8, 4) is 0 Å². The Balaban J connectivity index is 1.71. The molecule has 3 rings (SSSR count). The number of aromatic amines is 1. The first-order valence-electron chi connectivity index (χ1n) is 8.31. The Bertz CT molecular complexity index is 995. The van der Waals surface area contributed by atoms with E-state index in [-0.39, 0.29) is 16.7 Å². The lowest BCUT2D eigenvalue weighted by molar-refractivity contribution is -0.117. The van der Waals surface area contributed by atoms with E-state index in [1.807, 2.05) is 51.1 Å². The molecule has 26 heavy (non-hydrogen) atoms. The number of nitrogens with zero attached hydrogens (tertiary/aromatic N) is 2. The van der Waals surface area contributed by atoms with Crippen LogP contribution in [0.25, 0.3) is 10.2 Å². The smallest absolute Gasteiger partial charge is 0.259 e. The molecule has 2 aromatic heterocycles. The van der Waals surface area contributed by atoms with E-state index in [1.54, 1.807) is 11.9 Å². The predicted molar refractivity (Wildman–Crippen MR) is 110 cm³/mol. The van der Waals surface area contributed by atoms with Crippen LogP contribution < -0.4 is 10.5 Å². The topological polar surface area (TPSA) is 66.1 Å². The van der Waals surface area contributed by atoms with E-state index >= 15 is 0 Å². The zero-order valence-electron chi connectivity index (χ0n) is 15.2. The first kappa shape index (κ1) is 18.7. The Morgan fingerprint density at radius 1 is 1.31 bits per heavy atom. The number of nitrogens with one attached hydrogen (secondary N) is 1. The molecule has 0 saturated carbocycles. The highest BCUT2D eigenvalue weighted by atomic mass is 32.2. The van der Waals surface area contributed by atoms with Crippen molar-refractivity contribution >= 4 is 44.9 Å². The third-order valence-electron chi connectivity index (χ3n) is 4.38. The number of hydrogen-bond acceptors (Lipinski definition) is 5. The molecule has 0 aliphatic carbocycles. The Morgan fingerprint density at radius 2 is 2.00 bits per heavy atom. The van der Waals surface area contributed by atoms with Gasteiger partial charge in [-0.25, -0.2) is 4.98 Å². The summed E-state index contributed by atoms with van der Waals surface area (Å²) in [5.41, 5.74) is 1.75. The van der Waals surface area contributed by atoms with Crippen molar-refractivity contribution in [1.29, 1.82) is 0 Å². The molecule has 1 aromatic carbocycles. The van der Waals surface area contributed by atoms with Crippen molar-refractivity contribution in [2.24, 2.45) is 0 Å². The van der Waals surface area contributed by atoms with E-state index in [1.165, 1.54) is 23.1 Å². The molecule has 136 valence electrons. The minimum Gasteiger partial charge on any atom is -0.315 e. The minimum absolute atomic E-state index is 0.0208. The molecule has 3 aromatic rings. The molecule has 0 aliphatic rings. The van der Waals surface area contributed by atoms with Gasteiger partial charge < -0.3 is 9.88 Å². The van der Waals surface area contributed by atoms with Crippen LogP contribution in [0, 0.1) is 13.8 Å². The molecule has 2 heterocycles. The molecule has 0 aliphatic heterocycles. The summed E-state index contributed by atoms with van der Waals surface area (Å²) in [5.74, 6) is 1.11. The van der Waals surface area contributed by atoms with Crippen molar-refractivity contribution < 1.29 is 4.79 Å². The maximum Gasteiger partial charge on any atom is 0.259 e. The van der Waals surface area contributed by atoms with Gasteiger partial charge in [-0.05, 0) is 38.5 Å². The van der Waals surface area contributed by atoms with Gasteiger partial charge in [0, 0.05) is 17.6 Å². The van der Waals surface area contributed by atoms with E-state index in [0.717, 1.165) is 21.0 Å². The summed E-state index contributed by atoms with van der Waals surface area (Å²) < 4.78 is 0. The Hall–Kier alpha value is -2.12. The minimum atomic E-state index is -0.243. The van der Waals surface area contributed by atoms with Crippen molar-refractivity contribution in [3.63, 3.8) is 0 Å². The molecule has 7 heteroatoms. The third kappa shape index (κ3) is 3.68. The molecular weight excluding hydrogens is 366 g/mol. The van der Waals surface area contributed by atoms with Gasteiger partial charge in [-0.2, -0.15) is 0 Å². The normalized spacial score (nSPS) is 12.3. The second kappa shape index (κ2) is 7.63. The van der Waals surface area contributed by atoms with Gasteiger partial charge in [0.2, 0.25) is 5.91 Å². The lowest BCUT2D eigenvalue weighted by Crippen LogP contribution is -2.33. The number of aromatic nitrogens is 2. The number of hydrogen-bond donors (Lipinski definition) is 1. The van der Waals surface area contributed by atoms with Gasteiger partial charge in [0.1, 0.15) is 10.7 Å². The molecule has 1 amide bonds. The molecule has 0 saturated heterocycles. The van der Waals surface area contributed by atoms with E-state index in [4.69, 9.17) is 0 Å². The Labute approximate surface area is 160 Å². The fourth-order valence-electron chi connectivity index (χ4n) is 2.69. The number of amides is 1. The average Bonchev–Trinajstić information content (AvgIpc) is 2.93. The first-order valence-corrected chi connectivity index (χ1v) is 10.2. The van der Waals surface area contributed by atoms with Gasteiger partial charge in [0.15, 0.2) is 0 Å². The zero-order chi connectivity index (χ0) is 18.8. The van der Waals surface area contributed by atoms with Crippen molar-refractivity contribution in [2.45, 2.75) is 31.8 Å². The van der Waals surface area contributed by atoms with Gasteiger partial charge in [0.25, 0.3) is 5.56 Å². The number of aryl methyl sites for hydroxylation is 2. The highest BCUT2D eigenvalue weighted by Crippen LogP contribution is 2.27. The molecule has 0 bridgehead atoms.